The first-order valence-electron chi connectivity index (χ1n) is 5.90. The summed E-state index contributed by atoms with van der Waals surface area (Å²) in [6.07, 6.45) is 3.40. The van der Waals surface area contributed by atoms with Crippen molar-refractivity contribution in [3.05, 3.63) is 30.1 Å². The maximum Gasteiger partial charge on any atom is 0.323 e. The molecule has 2 aromatic rings. The minimum Gasteiger partial charge on any atom is -0.480 e. The molecule has 1 aliphatic rings. The first kappa shape index (κ1) is 10.3. The smallest absolute Gasteiger partial charge is 0.323 e. The highest BCUT2D eigenvalue weighted by Gasteiger charge is 2.25. The summed E-state index contributed by atoms with van der Waals surface area (Å²) < 4.78 is 1.83. The van der Waals surface area contributed by atoms with E-state index >= 15 is 0 Å². The Morgan fingerprint density at radius 2 is 2.18 bits per heavy atom. The number of carboxylic acid groups (broad SMARTS) is 1. The number of hydrogen-bond acceptors (Lipinski definition) is 2. The second-order valence-corrected chi connectivity index (χ2v) is 4.64. The number of aliphatic carboxylic acids is 1. The Balaban J connectivity index is 2.07. The summed E-state index contributed by atoms with van der Waals surface area (Å²) in [6, 6.07) is 7.72. The third kappa shape index (κ3) is 2.02. The molecule has 1 aliphatic carbocycles. The molecule has 1 saturated carbocycles. The van der Waals surface area contributed by atoms with Crippen LogP contribution in [0.1, 0.15) is 18.7 Å². The maximum atomic E-state index is 10.9. The van der Waals surface area contributed by atoms with Gasteiger partial charge in [0.2, 0.25) is 0 Å². The van der Waals surface area contributed by atoms with Gasteiger partial charge in [0.05, 0.1) is 11.0 Å². The summed E-state index contributed by atoms with van der Waals surface area (Å²) in [5, 5.41) is 8.97. The Labute approximate surface area is 98.9 Å². The first-order valence-corrected chi connectivity index (χ1v) is 5.90. The van der Waals surface area contributed by atoms with Crippen LogP contribution < -0.4 is 0 Å². The minimum atomic E-state index is -0.815. The maximum absolute atomic E-state index is 10.9. The first-order chi connectivity index (χ1) is 8.24. The number of imidazole rings is 1. The third-order valence-corrected chi connectivity index (χ3v) is 3.20. The van der Waals surface area contributed by atoms with Gasteiger partial charge < -0.3 is 9.67 Å². The van der Waals surface area contributed by atoms with Gasteiger partial charge in [0, 0.05) is 6.42 Å². The fourth-order valence-corrected chi connectivity index (χ4v) is 2.17. The third-order valence-electron chi connectivity index (χ3n) is 3.20. The molecule has 4 nitrogen and oxygen atoms in total. The summed E-state index contributed by atoms with van der Waals surface area (Å²) in [7, 11) is 0. The Kier molecular flexibility index (Phi) is 2.35. The van der Waals surface area contributed by atoms with Crippen molar-refractivity contribution in [1.29, 1.82) is 0 Å². The highest BCUT2D eigenvalue weighted by Crippen LogP contribution is 2.33. The van der Waals surface area contributed by atoms with Gasteiger partial charge >= 0.3 is 5.97 Å². The summed E-state index contributed by atoms with van der Waals surface area (Å²) in [5.41, 5.74) is 1.81. The van der Waals surface area contributed by atoms with Crippen molar-refractivity contribution in [3.63, 3.8) is 0 Å². The fraction of sp³-hybridized carbons (Fsp3) is 0.385. The molecule has 1 fully saturated rings. The van der Waals surface area contributed by atoms with Crippen molar-refractivity contribution in [2.24, 2.45) is 5.92 Å². The van der Waals surface area contributed by atoms with Gasteiger partial charge in [-0.15, -0.1) is 0 Å². The molecule has 4 heteroatoms. The highest BCUT2D eigenvalue weighted by molar-refractivity contribution is 5.78. The highest BCUT2D eigenvalue weighted by atomic mass is 16.4. The number of benzene rings is 1. The minimum absolute atomic E-state index is 0.00255. The van der Waals surface area contributed by atoms with E-state index in [0.717, 1.165) is 23.3 Å². The number of nitrogens with zero attached hydrogens (tertiary/aromatic N) is 2. The van der Waals surface area contributed by atoms with E-state index in [4.69, 9.17) is 5.11 Å². The number of rotatable bonds is 4. The van der Waals surface area contributed by atoms with Crippen molar-refractivity contribution >= 4 is 17.0 Å². The summed E-state index contributed by atoms with van der Waals surface area (Å²) in [5.74, 6) is 0.806. The van der Waals surface area contributed by atoms with E-state index in [2.05, 4.69) is 4.98 Å². The Morgan fingerprint density at radius 3 is 2.88 bits per heavy atom. The molecular weight excluding hydrogens is 216 g/mol. The number of para-hydroxylation sites is 2. The molecule has 0 spiro atoms. The van der Waals surface area contributed by atoms with Crippen molar-refractivity contribution in [2.75, 3.05) is 0 Å². The molecule has 3 rings (SSSR count). The quantitative estimate of drug-likeness (QED) is 0.874. The molecule has 0 aliphatic heterocycles. The zero-order valence-electron chi connectivity index (χ0n) is 9.47. The van der Waals surface area contributed by atoms with Gasteiger partial charge in [0.1, 0.15) is 12.4 Å². The number of carboxylic acids is 1. The van der Waals surface area contributed by atoms with Gasteiger partial charge in [-0.2, -0.15) is 0 Å². The summed E-state index contributed by atoms with van der Waals surface area (Å²) >= 11 is 0. The number of carbonyl (C=O) groups is 1. The van der Waals surface area contributed by atoms with E-state index in [1.54, 1.807) is 0 Å². The normalized spacial score (nSPS) is 15.3. The average molecular weight is 230 g/mol. The van der Waals surface area contributed by atoms with E-state index in [1.165, 1.54) is 12.8 Å². The molecule has 0 amide bonds. The van der Waals surface area contributed by atoms with Crippen molar-refractivity contribution in [3.8, 4) is 0 Å². The number of aromatic nitrogens is 2. The number of hydrogen-bond donors (Lipinski definition) is 1. The van der Waals surface area contributed by atoms with Crippen LogP contribution in [0, 0.1) is 5.92 Å². The zero-order valence-corrected chi connectivity index (χ0v) is 9.47. The van der Waals surface area contributed by atoms with Crippen molar-refractivity contribution in [1.82, 2.24) is 9.55 Å². The molecule has 1 aromatic carbocycles. The van der Waals surface area contributed by atoms with Crippen LogP contribution in [0.3, 0.4) is 0 Å². The van der Waals surface area contributed by atoms with Crippen LogP contribution in [-0.4, -0.2) is 20.6 Å². The van der Waals surface area contributed by atoms with E-state index in [9.17, 15) is 4.79 Å². The van der Waals surface area contributed by atoms with Crippen molar-refractivity contribution in [2.45, 2.75) is 25.8 Å². The van der Waals surface area contributed by atoms with Crippen LogP contribution in [0.2, 0.25) is 0 Å². The SMILES string of the molecule is O=C(O)Cn1c(CC2CC2)nc2ccccc21. The lowest BCUT2D eigenvalue weighted by atomic mass is 10.3. The Morgan fingerprint density at radius 1 is 1.41 bits per heavy atom. The molecule has 17 heavy (non-hydrogen) atoms. The Bertz CT molecular complexity index is 570. The van der Waals surface area contributed by atoms with Gasteiger partial charge in [0.15, 0.2) is 0 Å². The topological polar surface area (TPSA) is 55.1 Å². The molecule has 1 heterocycles. The molecule has 88 valence electrons. The zero-order chi connectivity index (χ0) is 11.8. The van der Waals surface area contributed by atoms with Crippen LogP contribution >= 0.6 is 0 Å². The summed E-state index contributed by atoms with van der Waals surface area (Å²) in [4.78, 5) is 15.5. The second kappa shape index (κ2) is 3.87. The predicted molar refractivity (Wildman–Crippen MR) is 63.8 cm³/mol. The standard InChI is InChI=1S/C13H14N2O2/c16-13(17)8-15-11-4-2-1-3-10(11)14-12(15)7-9-5-6-9/h1-4,9H,5-8H2,(H,16,17). The molecule has 1 aromatic heterocycles. The largest absolute Gasteiger partial charge is 0.480 e. The molecule has 0 radical (unpaired) electrons. The monoisotopic (exact) mass is 230 g/mol. The molecule has 0 bridgehead atoms. The molecule has 1 N–H and O–H groups in total. The van der Waals surface area contributed by atoms with Gasteiger partial charge in [-0.05, 0) is 30.9 Å². The predicted octanol–water partition coefficient (Wildman–Crippen LogP) is 2.07. The number of fused-ring (bicyclic) bond motifs is 1. The van der Waals surface area contributed by atoms with Crippen LogP contribution in [0.5, 0.6) is 0 Å². The van der Waals surface area contributed by atoms with Gasteiger partial charge in [-0.25, -0.2) is 4.98 Å². The summed E-state index contributed by atoms with van der Waals surface area (Å²) in [6.45, 7) is 0.00255. The van der Waals surface area contributed by atoms with E-state index in [0.29, 0.717) is 5.92 Å². The fourth-order valence-electron chi connectivity index (χ4n) is 2.17. The van der Waals surface area contributed by atoms with Gasteiger partial charge in [-0.1, -0.05) is 12.1 Å². The Hall–Kier alpha value is -1.84. The lowest BCUT2D eigenvalue weighted by Gasteiger charge is -2.05. The molecular formula is C13H14N2O2. The van der Waals surface area contributed by atoms with Crippen LogP contribution in [0.25, 0.3) is 11.0 Å². The van der Waals surface area contributed by atoms with Crippen LogP contribution in [0.15, 0.2) is 24.3 Å². The lowest BCUT2D eigenvalue weighted by Crippen LogP contribution is -2.12. The molecule has 0 atom stereocenters. The van der Waals surface area contributed by atoms with Crippen LogP contribution in [-0.2, 0) is 17.8 Å². The molecule has 0 unspecified atom stereocenters. The second-order valence-electron chi connectivity index (χ2n) is 4.64. The van der Waals surface area contributed by atoms with Crippen molar-refractivity contribution < 1.29 is 9.90 Å². The van der Waals surface area contributed by atoms with Crippen LogP contribution in [0.4, 0.5) is 0 Å². The average Bonchev–Trinajstić information content (AvgIpc) is 3.04. The van der Waals surface area contributed by atoms with Gasteiger partial charge in [-0.3, -0.25) is 4.79 Å². The van der Waals surface area contributed by atoms with E-state index in [1.807, 2.05) is 28.8 Å². The lowest BCUT2D eigenvalue weighted by molar-refractivity contribution is -0.137. The van der Waals surface area contributed by atoms with Gasteiger partial charge in [0.25, 0.3) is 0 Å². The molecule has 0 saturated heterocycles. The van der Waals surface area contributed by atoms with E-state index in [-0.39, 0.29) is 6.54 Å². The van der Waals surface area contributed by atoms with E-state index < -0.39 is 5.97 Å².